The van der Waals surface area contributed by atoms with Crippen LogP contribution in [-0.4, -0.2) is 17.7 Å². The minimum Gasteiger partial charge on any atom is -0.462 e. The maximum atomic E-state index is 12.8. The molecule has 150 valence electrons. The molecule has 0 aliphatic carbocycles. The minimum atomic E-state index is -0.354. The van der Waals surface area contributed by atoms with Crippen LogP contribution in [0.5, 0.6) is 0 Å². The maximum absolute atomic E-state index is 12.8. The molecule has 0 aliphatic rings. The van der Waals surface area contributed by atoms with Gasteiger partial charge in [0.2, 0.25) is 0 Å². The van der Waals surface area contributed by atoms with Crippen LogP contribution in [0.4, 0.5) is 10.7 Å². The van der Waals surface area contributed by atoms with E-state index in [9.17, 15) is 4.79 Å². The smallest absolute Gasteiger partial charge is 0.341 e. The number of aryl methyl sites for hydroxylation is 3. The second kappa shape index (κ2) is 9.20. The monoisotopic (exact) mass is 424 g/mol. The summed E-state index contributed by atoms with van der Waals surface area (Å²) >= 11 is 7.01. The minimum absolute atomic E-state index is 0.312. The number of carbonyl (C=O) groups is 1. The Morgan fingerprint density at radius 1 is 1.03 bits per heavy atom. The number of hydrogen-bond acceptors (Lipinski definition) is 4. The van der Waals surface area contributed by atoms with Crippen molar-refractivity contribution in [1.82, 2.24) is 0 Å². The number of carbonyl (C=O) groups excluding carboxylic acids is 1. The topological polar surface area (TPSA) is 50.4 Å². The van der Waals surface area contributed by atoms with Gasteiger partial charge in [-0.1, -0.05) is 36.4 Å². The molecule has 0 aliphatic heterocycles. The fraction of sp³-hybridized carbons (Fsp3) is 0.217. The predicted octanol–water partition coefficient (Wildman–Crippen LogP) is 6.33. The fourth-order valence-corrected chi connectivity index (χ4v) is 4.65. The Hall–Kier alpha value is -2.70. The molecule has 0 fully saturated rings. The summed E-state index contributed by atoms with van der Waals surface area (Å²) < 4.78 is 5.34. The van der Waals surface area contributed by atoms with Crippen molar-refractivity contribution < 1.29 is 9.53 Å². The van der Waals surface area contributed by atoms with Crippen LogP contribution in [0.2, 0.25) is 0 Å². The van der Waals surface area contributed by atoms with Gasteiger partial charge in [0.15, 0.2) is 5.11 Å². The Balaban J connectivity index is 1.94. The third-order valence-corrected chi connectivity index (χ3v) is 5.56. The molecule has 0 spiro atoms. The molecule has 6 heteroatoms. The van der Waals surface area contributed by atoms with E-state index in [1.807, 2.05) is 63.2 Å². The lowest BCUT2D eigenvalue weighted by molar-refractivity contribution is 0.0529. The molecule has 29 heavy (non-hydrogen) atoms. The molecule has 0 amide bonds. The summed E-state index contributed by atoms with van der Waals surface area (Å²) in [7, 11) is 0. The third kappa shape index (κ3) is 5.02. The number of thiophene rings is 1. The zero-order valence-electron chi connectivity index (χ0n) is 17.0. The Kier molecular flexibility index (Phi) is 6.67. The second-order valence-electron chi connectivity index (χ2n) is 6.78. The van der Waals surface area contributed by atoms with Crippen molar-refractivity contribution in [2.45, 2.75) is 27.7 Å². The standard InChI is InChI=1S/C23H24N2O2S2/c1-5-27-22(26)20-19(17-9-7-6-8-10-17)16(4)29-21(20)25-23(28)24-18-12-14(2)11-15(3)13-18/h6-13H,5H2,1-4H3,(H2,24,25,28). The second-order valence-corrected chi connectivity index (χ2v) is 8.41. The Labute approximate surface area is 180 Å². The molecule has 0 saturated heterocycles. The number of nitrogens with one attached hydrogen (secondary N) is 2. The molecule has 0 atom stereocenters. The van der Waals surface area contributed by atoms with Crippen molar-refractivity contribution in [3.8, 4) is 11.1 Å². The molecular weight excluding hydrogens is 400 g/mol. The van der Waals surface area contributed by atoms with E-state index in [0.717, 1.165) is 32.8 Å². The fourth-order valence-electron chi connectivity index (χ4n) is 3.30. The zero-order valence-corrected chi connectivity index (χ0v) is 18.6. The van der Waals surface area contributed by atoms with E-state index in [1.54, 1.807) is 6.92 Å². The summed E-state index contributed by atoms with van der Waals surface area (Å²) in [6.45, 7) is 8.21. The van der Waals surface area contributed by atoms with Crippen molar-refractivity contribution in [1.29, 1.82) is 0 Å². The number of rotatable bonds is 5. The van der Waals surface area contributed by atoms with Crippen LogP contribution in [0, 0.1) is 20.8 Å². The summed E-state index contributed by atoms with van der Waals surface area (Å²) in [5.41, 5.74) is 5.59. The largest absolute Gasteiger partial charge is 0.462 e. The van der Waals surface area contributed by atoms with E-state index in [0.29, 0.717) is 22.3 Å². The molecule has 0 saturated carbocycles. The van der Waals surface area contributed by atoms with Crippen molar-refractivity contribution in [3.63, 3.8) is 0 Å². The van der Waals surface area contributed by atoms with Crippen LogP contribution in [-0.2, 0) is 4.74 Å². The van der Waals surface area contributed by atoms with E-state index < -0.39 is 0 Å². The van der Waals surface area contributed by atoms with E-state index in [-0.39, 0.29) is 5.97 Å². The van der Waals surface area contributed by atoms with Gasteiger partial charge in [0.05, 0.1) is 6.61 Å². The zero-order chi connectivity index (χ0) is 21.0. The molecule has 3 aromatic rings. The first-order valence-electron chi connectivity index (χ1n) is 9.41. The van der Waals surface area contributed by atoms with Gasteiger partial charge in [-0.3, -0.25) is 0 Å². The van der Waals surface area contributed by atoms with Crippen molar-refractivity contribution in [2.75, 3.05) is 17.2 Å². The number of ether oxygens (including phenoxy) is 1. The predicted molar refractivity (Wildman–Crippen MR) is 126 cm³/mol. The van der Waals surface area contributed by atoms with Crippen LogP contribution < -0.4 is 10.6 Å². The molecule has 0 unspecified atom stereocenters. The number of hydrogen-bond donors (Lipinski definition) is 2. The van der Waals surface area contributed by atoms with Gasteiger partial charge in [-0.15, -0.1) is 11.3 Å². The highest BCUT2D eigenvalue weighted by molar-refractivity contribution is 7.80. The lowest BCUT2D eigenvalue weighted by Crippen LogP contribution is -2.20. The average molecular weight is 425 g/mol. The molecule has 4 nitrogen and oxygen atoms in total. The first kappa shape index (κ1) is 21.0. The maximum Gasteiger partial charge on any atom is 0.341 e. The Morgan fingerprint density at radius 3 is 2.31 bits per heavy atom. The van der Waals surface area contributed by atoms with E-state index in [2.05, 4.69) is 16.7 Å². The summed E-state index contributed by atoms with van der Waals surface area (Å²) in [5.74, 6) is -0.354. The van der Waals surface area contributed by atoms with Crippen LogP contribution in [0.15, 0.2) is 48.5 Å². The summed E-state index contributed by atoms with van der Waals surface area (Å²) in [6.07, 6.45) is 0. The van der Waals surface area contributed by atoms with Crippen molar-refractivity contribution >= 4 is 45.3 Å². The number of thiocarbonyl (C=S) groups is 1. The van der Waals surface area contributed by atoms with Gasteiger partial charge in [-0.05, 0) is 68.7 Å². The van der Waals surface area contributed by atoms with Crippen LogP contribution in [0.3, 0.4) is 0 Å². The average Bonchev–Trinajstić information content (AvgIpc) is 2.97. The highest BCUT2D eigenvalue weighted by Crippen LogP contribution is 2.40. The van der Waals surface area contributed by atoms with Gasteiger partial charge in [-0.2, -0.15) is 0 Å². The molecule has 3 rings (SSSR count). The Bertz CT molecular complexity index is 1020. The van der Waals surface area contributed by atoms with Crippen LogP contribution in [0.1, 0.15) is 33.3 Å². The normalized spacial score (nSPS) is 10.5. The number of esters is 1. The lowest BCUT2D eigenvalue weighted by atomic mass is 10.0. The Morgan fingerprint density at radius 2 is 1.69 bits per heavy atom. The van der Waals surface area contributed by atoms with Crippen molar-refractivity contribution in [2.24, 2.45) is 0 Å². The van der Waals surface area contributed by atoms with Crippen molar-refractivity contribution in [3.05, 3.63) is 70.1 Å². The number of benzene rings is 2. The highest BCUT2D eigenvalue weighted by Gasteiger charge is 2.24. The highest BCUT2D eigenvalue weighted by atomic mass is 32.1. The summed E-state index contributed by atoms with van der Waals surface area (Å²) in [5, 5.41) is 7.53. The SMILES string of the molecule is CCOC(=O)c1c(NC(=S)Nc2cc(C)cc(C)c2)sc(C)c1-c1ccccc1. The molecule has 2 aromatic carbocycles. The van der Waals surface area contributed by atoms with E-state index >= 15 is 0 Å². The number of anilines is 2. The molecule has 1 heterocycles. The summed E-state index contributed by atoms with van der Waals surface area (Å²) in [4.78, 5) is 13.8. The van der Waals surface area contributed by atoms with E-state index in [4.69, 9.17) is 17.0 Å². The third-order valence-electron chi connectivity index (χ3n) is 4.33. The first-order valence-corrected chi connectivity index (χ1v) is 10.6. The molecular formula is C23H24N2O2S2. The molecule has 0 radical (unpaired) electrons. The lowest BCUT2D eigenvalue weighted by Gasteiger charge is -2.13. The van der Waals surface area contributed by atoms with Gasteiger partial charge in [0.25, 0.3) is 0 Å². The molecule has 0 bridgehead atoms. The van der Waals surface area contributed by atoms with Gasteiger partial charge in [0, 0.05) is 16.1 Å². The van der Waals surface area contributed by atoms with Crippen LogP contribution in [0.25, 0.3) is 11.1 Å². The van der Waals surface area contributed by atoms with E-state index in [1.165, 1.54) is 11.3 Å². The van der Waals surface area contributed by atoms with Gasteiger partial charge in [0.1, 0.15) is 10.6 Å². The van der Waals surface area contributed by atoms with Gasteiger partial charge >= 0.3 is 5.97 Å². The van der Waals surface area contributed by atoms with Crippen LogP contribution >= 0.6 is 23.6 Å². The molecule has 1 aromatic heterocycles. The summed E-state index contributed by atoms with van der Waals surface area (Å²) in [6, 6.07) is 16.0. The first-order chi connectivity index (χ1) is 13.9. The quantitative estimate of drug-likeness (QED) is 0.370. The van der Waals surface area contributed by atoms with Gasteiger partial charge < -0.3 is 15.4 Å². The van der Waals surface area contributed by atoms with Gasteiger partial charge in [-0.25, -0.2) is 4.79 Å². The molecule has 2 N–H and O–H groups in total.